The zero-order valence-corrected chi connectivity index (χ0v) is 14.9. The summed E-state index contributed by atoms with van der Waals surface area (Å²) in [6.45, 7) is 2.04. The molecule has 4 aromatic rings. The number of fused-ring (bicyclic) bond motifs is 1. The Hall–Kier alpha value is -3.26. The van der Waals surface area contributed by atoms with Gasteiger partial charge in [0.1, 0.15) is 4.83 Å². The molecule has 1 aromatic carbocycles. The van der Waals surface area contributed by atoms with Crippen LogP contribution in [-0.4, -0.2) is 16.2 Å². The number of hydrogen-bond acceptors (Lipinski definition) is 7. The zero-order chi connectivity index (χ0) is 18.3. The van der Waals surface area contributed by atoms with Gasteiger partial charge in [-0.05, 0) is 19.1 Å². The Morgan fingerprint density at radius 1 is 1.23 bits per heavy atom. The first-order valence-electron chi connectivity index (χ1n) is 7.86. The van der Waals surface area contributed by atoms with E-state index >= 15 is 0 Å². The van der Waals surface area contributed by atoms with Crippen LogP contribution in [0.3, 0.4) is 0 Å². The Labute approximate surface area is 153 Å². The lowest BCUT2D eigenvalue weighted by Crippen LogP contribution is -2.27. The van der Waals surface area contributed by atoms with Crippen molar-refractivity contribution in [2.45, 2.75) is 6.92 Å². The molecule has 130 valence electrons. The number of nitrogens with zero attached hydrogens (tertiary/aromatic N) is 4. The van der Waals surface area contributed by atoms with E-state index in [0.717, 1.165) is 16.6 Å². The fraction of sp³-hybridized carbons (Fsp3) is 0.111. The molecule has 8 heteroatoms. The number of anilines is 1. The number of aliphatic imine (C=N–C) groups is 1. The number of nitrogen functional groups attached to an aromatic ring is 1. The fourth-order valence-corrected chi connectivity index (χ4v) is 3.53. The van der Waals surface area contributed by atoms with Gasteiger partial charge in [-0.2, -0.15) is 0 Å². The number of benzene rings is 1. The van der Waals surface area contributed by atoms with Gasteiger partial charge in [-0.25, -0.2) is 9.98 Å². The molecule has 0 bridgehead atoms. The fourth-order valence-electron chi connectivity index (χ4n) is 2.55. The lowest BCUT2D eigenvalue weighted by atomic mass is 10.1. The standard InChI is InChI=1S/C18H15N5O2S/c1-10-3-5-11(6-4-10)13-8-7-12-15(19)16(26-18(12)20-13)17(24)21-14-9-23(2)22-25-14/h3-9H,1-2H3,(H2-,19,21,22,24). The van der Waals surface area contributed by atoms with Crippen molar-refractivity contribution in [3.63, 3.8) is 0 Å². The Morgan fingerprint density at radius 3 is 2.69 bits per heavy atom. The minimum Gasteiger partial charge on any atom is -0.857 e. The van der Waals surface area contributed by atoms with Crippen molar-refractivity contribution in [3.05, 3.63) is 53.0 Å². The largest absolute Gasteiger partial charge is 0.857 e. The van der Waals surface area contributed by atoms with Gasteiger partial charge in [-0.1, -0.05) is 34.5 Å². The highest BCUT2D eigenvalue weighted by Gasteiger charge is 2.13. The third-order valence-corrected chi connectivity index (χ3v) is 5.01. The Balaban J connectivity index is 1.76. The summed E-state index contributed by atoms with van der Waals surface area (Å²) >= 11 is 1.22. The Kier molecular flexibility index (Phi) is 3.89. The third kappa shape index (κ3) is 2.91. The molecule has 2 N–H and O–H groups in total. The van der Waals surface area contributed by atoms with Crippen molar-refractivity contribution in [2.24, 2.45) is 12.0 Å². The first-order valence-corrected chi connectivity index (χ1v) is 8.67. The molecule has 0 saturated carbocycles. The van der Waals surface area contributed by atoms with Crippen LogP contribution in [0.4, 0.5) is 11.6 Å². The van der Waals surface area contributed by atoms with Gasteiger partial charge in [-0.15, -0.1) is 11.3 Å². The van der Waals surface area contributed by atoms with Crippen LogP contribution in [0, 0.1) is 6.92 Å². The molecular weight excluding hydrogens is 350 g/mol. The van der Waals surface area contributed by atoms with E-state index in [1.807, 2.05) is 43.3 Å². The molecule has 0 aliphatic rings. The van der Waals surface area contributed by atoms with E-state index < -0.39 is 5.90 Å². The number of aromatic nitrogens is 3. The SMILES string of the molecule is Cc1ccc(-c2ccc3c(N)c(/C([O-])=N/c4c[n+](C)no4)sc3n2)cc1. The molecule has 0 saturated heterocycles. The van der Waals surface area contributed by atoms with Crippen molar-refractivity contribution in [3.8, 4) is 11.3 Å². The van der Waals surface area contributed by atoms with Gasteiger partial charge < -0.3 is 10.8 Å². The van der Waals surface area contributed by atoms with Crippen molar-refractivity contribution in [2.75, 3.05) is 5.73 Å². The summed E-state index contributed by atoms with van der Waals surface area (Å²) in [5.74, 6) is -0.346. The van der Waals surface area contributed by atoms with Gasteiger partial charge in [-0.3, -0.25) is 4.52 Å². The van der Waals surface area contributed by atoms with Crippen molar-refractivity contribution in [1.29, 1.82) is 0 Å². The molecule has 0 spiro atoms. The maximum Gasteiger partial charge on any atom is 0.320 e. The molecule has 4 rings (SSSR count). The second-order valence-corrected chi connectivity index (χ2v) is 6.89. The molecule has 0 unspecified atom stereocenters. The summed E-state index contributed by atoms with van der Waals surface area (Å²) in [6.07, 6.45) is 1.51. The smallest absolute Gasteiger partial charge is 0.320 e. The molecule has 0 aliphatic heterocycles. The zero-order valence-electron chi connectivity index (χ0n) is 14.1. The highest BCUT2D eigenvalue weighted by atomic mass is 32.1. The number of hydrogen-bond donors (Lipinski definition) is 1. The van der Waals surface area contributed by atoms with Crippen LogP contribution in [0.25, 0.3) is 21.5 Å². The van der Waals surface area contributed by atoms with E-state index in [1.165, 1.54) is 27.8 Å². The number of nitrogens with two attached hydrogens (primary N) is 1. The number of pyridine rings is 1. The minimum absolute atomic E-state index is 0.127. The molecule has 3 heterocycles. The second-order valence-electron chi connectivity index (χ2n) is 5.89. The van der Waals surface area contributed by atoms with Gasteiger partial charge in [0, 0.05) is 16.8 Å². The monoisotopic (exact) mass is 365 g/mol. The third-order valence-electron chi connectivity index (χ3n) is 3.91. The molecule has 0 atom stereocenters. The van der Waals surface area contributed by atoms with E-state index in [0.29, 0.717) is 15.4 Å². The summed E-state index contributed by atoms with van der Waals surface area (Å²) in [7, 11) is 1.68. The first-order chi connectivity index (χ1) is 12.5. The van der Waals surface area contributed by atoms with Gasteiger partial charge in [0.05, 0.1) is 16.3 Å². The molecule has 7 nitrogen and oxygen atoms in total. The van der Waals surface area contributed by atoms with Crippen molar-refractivity contribution >= 4 is 39.0 Å². The molecule has 0 fully saturated rings. The average molecular weight is 365 g/mol. The predicted molar refractivity (Wildman–Crippen MR) is 98.1 cm³/mol. The van der Waals surface area contributed by atoms with E-state index in [-0.39, 0.29) is 5.88 Å². The quantitative estimate of drug-likeness (QED) is 0.340. The van der Waals surface area contributed by atoms with Crippen LogP contribution in [0.15, 0.2) is 52.1 Å². The second kappa shape index (κ2) is 6.23. The number of aryl methyl sites for hydroxylation is 2. The Morgan fingerprint density at radius 2 is 2.00 bits per heavy atom. The highest BCUT2D eigenvalue weighted by Crippen LogP contribution is 2.34. The lowest BCUT2D eigenvalue weighted by Gasteiger charge is -2.06. The Bertz CT molecular complexity index is 1130. The van der Waals surface area contributed by atoms with Crippen LogP contribution in [-0.2, 0) is 7.05 Å². The van der Waals surface area contributed by atoms with Gasteiger partial charge >= 0.3 is 5.88 Å². The van der Waals surface area contributed by atoms with E-state index in [2.05, 4.69) is 15.2 Å². The summed E-state index contributed by atoms with van der Waals surface area (Å²) < 4.78 is 6.36. The average Bonchev–Trinajstić information content (AvgIpc) is 3.18. The molecular formula is C18H15N5O2S. The molecule has 0 radical (unpaired) electrons. The van der Waals surface area contributed by atoms with Crippen LogP contribution in [0.1, 0.15) is 10.4 Å². The van der Waals surface area contributed by atoms with Gasteiger partial charge in [0.15, 0.2) is 12.3 Å². The first kappa shape index (κ1) is 16.2. The maximum atomic E-state index is 12.4. The van der Waals surface area contributed by atoms with E-state index in [9.17, 15) is 5.11 Å². The van der Waals surface area contributed by atoms with Crippen molar-refractivity contribution < 1.29 is 14.3 Å². The topological polar surface area (TPSA) is 104 Å². The molecule has 26 heavy (non-hydrogen) atoms. The van der Waals surface area contributed by atoms with Gasteiger partial charge in [0.2, 0.25) is 0 Å². The summed E-state index contributed by atoms with van der Waals surface area (Å²) in [5, 5.41) is 16.8. The number of thiophene rings is 1. The molecule has 0 aliphatic carbocycles. The maximum absolute atomic E-state index is 12.4. The minimum atomic E-state index is -0.473. The van der Waals surface area contributed by atoms with Crippen molar-refractivity contribution in [1.82, 2.24) is 10.3 Å². The van der Waals surface area contributed by atoms with Crippen LogP contribution in [0.5, 0.6) is 0 Å². The van der Waals surface area contributed by atoms with Crippen LogP contribution in [0.2, 0.25) is 0 Å². The van der Waals surface area contributed by atoms with E-state index in [4.69, 9.17) is 10.3 Å². The van der Waals surface area contributed by atoms with Crippen LogP contribution >= 0.6 is 11.3 Å². The number of rotatable bonds is 3. The summed E-state index contributed by atoms with van der Waals surface area (Å²) in [4.78, 5) is 9.60. The highest BCUT2D eigenvalue weighted by molar-refractivity contribution is 7.21. The predicted octanol–water partition coefficient (Wildman–Crippen LogP) is 2.11. The lowest BCUT2D eigenvalue weighted by molar-refractivity contribution is -0.739. The van der Waals surface area contributed by atoms with E-state index in [1.54, 1.807) is 7.05 Å². The van der Waals surface area contributed by atoms with Gasteiger partial charge in [0.25, 0.3) is 6.20 Å². The summed E-state index contributed by atoms with van der Waals surface area (Å²) in [6, 6.07) is 11.9. The molecule has 3 aromatic heterocycles. The summed E-state index contributed by atoms with van der Waals surface area (Å²) in [5.41, 5.74) is 9.55. The van der Waals surface area contributed by atoms with Crippen LogP contribution < -0.4 is 15.5 Å². The molecule has 0 amide bonds. The normalized spacial score (nSPS) is 12.0.